The number of benzene rings is 1. The van der Waals surface area contributed by atoms with E-state index in [-0.39, 0.29) is 18.0 Å². The Morgan fingerprint density at radius 3 is 2.81 bits per heavy atom. The Morgan fingerprint density at radius 2 is 2.14 bits per heavy atom. The van der Waals surface area contributed by atoms with Crippen LogP contribution in [0, 0.1) is 12.0 Å². The molecule has 2 N–H and O–H groups in total. The smallest absolute Gasteiger partial charge is 0.339 e. The second kappa shape index (κ2) is 4.64. The van der Waals surface area contributed by atoms with E-state index >= 15 is 0 Å². The first-order valence-corrected chi connectivity index (χ1v) is 7.37. The molecule has 1 aliphatic rings. The van der Waals surface area contributed by atoms with Crippen molar-refractivity contribution in [3.63, 3.8) is 0 Å². The minimum atomic E-state index is -3.86. The predicted molar refractivity (Wildman–Crippen MR) is 68.9 cm³/mol. The van der Waals surface area contributed by atoms with Gasteiger partial charge in [-0.05, 0) is 18.2 Å². The van der Waals surface area contributed by atoms with Crippen LogP contribution in [0.15, 0.2) is 29.2 Å². The summed E-state index contributed by atoms with van der Waals surface area (Å²) in [5.41, 5.74) is 6.00. The van der Waals surface area contributed by atoms with E-state index in [4.69, 9.17) is 5.73 Å². The Hall–Kier alpha value is -2.26. The Morgan fingerprint density at radius 1 is 1.38 bits per heavy atom. The molecule has 9 heteroatoms. The van der Waals surface area contributed by atoms with E-state index in [2.05, 4.69) is 11.3 Å². The molecule has 1 amide bonds. The number of carbonyl (C=O) groups is 1. The second-order valence-corrected chi connectivity index (χ2v) is 6.46. The topological polar surface area (TPSA) is 98.3 Å². The lowest BCUT2D eigenvalue weighted by Gasteiger charge is -2.16. The number of sulfonamides is 1. The van der Waals surface area contributed by atoms with Gasteiger partial charge in [0.15, 0.2) is 0 Å². The fraction of sp³-hybridized carbons (Fsp3) is 0.167. The van der Waals surface area contributed by atoms with Gasteiger partial charge in [0.1, 0.15) is 12.0 Å². The molecule has 0 atom stereocenters. The molecule has 1 aromatic carbocycles. The van der Waals surface area contributed by atoms with Gasteiger partial charge in [-0.3, -0.25) is 0 Å². The second-order valence-electron chi connectivity index (χ2n) is 4.52. The van der Waals surface area contributed by atoms with Gasteiger partial charge in [-0.2, -0.15) is 14.1 Å². The molecule has 0 saturated heterocycles. The zero-order chi connectivity index (χ0) is 15.2. The number of hydrogen-bond donors (Lipinski definition) is 1. The summed E-state index contributed by atoms with van der Waals surface area (Å²) in [6.07, 6.45) is 2.56. The molecule has 7 nitrogen and oxygen atoms in total. The molecule has 1 aliphatic heterocycles. The van der Waals surface area contributed by atoms with Crippen LogP contribution in [0.2, 0.25) is 0 Å². The Kier molecular flexibility index (Phi) is 3.03. The van der Waals surface area contributed by atoms with Crippen molar-refractivity contribution in [2.24, 2.45) is 5.73 Å². The number of rotatable bonds is 2. The molecule has 3 rings (SSSR count). The van der Waals surface area contributed by atoms with E-state index in [1.165, 1.54) is 12.1 Å². The van der Waals surface area contributed by atoms with Crippen LogP contribution >= 0.6 is 0 Å². The number of carbonyl (C=O) groups excluding carboxylic acids is 1. The molecule has 0 spiro atoms. The summed E-state index contributed by atoms with van der Waals surface area (Å²) in [7, 11) is -3.86. The lowest BCUT2D eigenvalue weighted by atomic mass is 10.3. The summed E-state index contributed by atoms with van der Waals surface area (Å²) in [6, 6.07) is 3.94. The third-order valence-electron chi connectivity index (χ3n) is 3.19. The van der Waals surface area contributed by atoms with Gasteiger partial charge in [0, 0.05) is 12.1 Å². The third-order valence-corrected chi connectivity index (χ3v) is 4.98. The first-order valence-electron chi connectivity index (χ1n) is 5.93. The molecule has 21 heavy (non-hydrogen) atoms. The van der Waals surface area contributed by atoms with Crippen molar-refractivity contribution >= 4 is 16.1 Å². The first kappa shape index (κ1) is 13.7. The number of halogens is 1. The molecule has 1 radical (unpaired) electrons. The average Bonchev–Trinajstić information content (AvgIpc) is 2.97. The zero-order valence-electron chi connectivity index (χ0n) is 10.7. The summed E-state index contributed by atoms with van der Waals surface area (Å²) in [5.74, 6) is -0.636. The Bertz CT molecular complexity index is 831. The molecule has 0 saturated carbocycles. The maximum atomic E-state index is 13.2. The monoisotopic (exact) mass is 309 g/mol. The minimum absolute atomic E-state index is 0.0153. The summed E-state index contributed by atoms with van der Waals surface area (Å²) >= 11 is 0. The van der Waals surface area contributed by atoms with E-state index in [1.807, 2.05) is 0 Å². The van der Waals surface area contributed by atoms with Crippen LogP contribution in [0.5, 0.6) is 0 Å². The number of nitrogens with zero attached hydrogens (tertiary/aromatic N) is 3. The standard InChI is InChI=1S/C12H10FN4O3S/c13-9-2-1-3-10(4-9)21(19,20)16-6-8-5-15-17(12(14)18)11(8)7-16/h1-4H,6-7H2,(H2,14,18). The lowest BCUT2D eigenvalue weighted by molar-refractivity contribution is 0.246. The number of hydrogen-bond acceptors (Lipinski definition) is 4. The molecule has 0 fully saturated rings. The van der Waals surface area contributed by atoms with Crippen molar-refractivity contribution in [2.75, 3.05) is 0 Å². The Labute approximate surface area is 119 Å². The highest BCUT2D eigenvalue weighted by atomic mass is 32.2. The minimum Gasteiger partial charge on any atom is -0.350 e. The van der Waals surface area contributed by atoms with Crippen LogP contribution in [0.3, 0.4) is 0 Å². The van der Waals surface area contributed by atoms with E-state index in [0.29, 0.717) is 11.3 Å². The maximum Gasteiger partial charge on any atom is 0.339 e. The molecule has 0 unspecified atom stereocenters. The lowest BCUT2D eigenvalue weighted by Crippen LogP contribution is -2.28. The Balaban J connectivity index is 1.95. The van der Waals surface area contributed by atoms with Crippen molar-refractivity contribution in [3.8, 4) is 0 Å². The molecule has 0 aliphatic carbocycles. The summed E-state index contributed by atoms with van der Waals surface area (Å²) < 4.78 is 40.1. The average molecular weight is 309 g/mol. The van der Waals surface area contributed by atoms with E-state index < -0.39 is 21.9 Å². The fourth-order valence-corrected chi connectivity index (χ4v) is 3.58. The molecule has 2 heterocycles. The van der Waals surface area contributed by atoms with Gasteiger partial charge in [0.05, 0.1) is 17.1 Å². The normalized spacial score (nSPS) is 15.1. The van der Waals surface area contributed by atoms with Gasteiger partial charge in [-0.15, -0.1) is 0 Å². The van der Waals surface area contributed by atoms with Gasteiger partial charge in [0.25, 0.3) is 0 Å². The number of nitrogens with two attached hydrogens (primary N) is 1. The van der Waals surface area contributed by atoms with Crippen molar-refractivity contribution in [1.29, 1.82) is 0 Å². The van der Waals surface area contributed by atoms with Crippen LogP contribution in [-0.4, -0.2) is 28.5 Å². The van der Waals surface area contributed by atoms with Crippen LogP contribution < -0.4 is 5.73 Å². The van der Waals surface area contributed by atoms with Crippen molar-refractivity contribution in [2.45, 2.75) is 18.0 Å². The van der Waals surface area contributed by atoms with Crippen LogP contribution in [0.1, 0.15) is 11.3 Å². The molecule has 1 aromatic heterocycles. The maximum absolute atomic E-state index is 13.2. The first-order chi connectivity index (χ1) is 9.89. The summed E-state index contributed by atoms with van der Waals surface area (Å²) in [4.78, 5) is 11.0. The van der Waals surface area contributed by atoms with Crippen LogP contribution in [0.25, 0.3) is 0 Å². The molecule has 0 bridgehead atoms. The van der Waals surface area contributed by atoms with Gasteiger partial charge in [0.2, 0.25) is 10.0 Å². The van der Waals surface area contributed by atoms with Gasteiger partial charge in [-0.25, -0.2) is 17.6 Å². The van der Waals surface area contributed by atoms with Crippen LogP contribution in [-0.2, 0) is 23.1 Å². The predicted octanol–water partition coefficient (Wildman–Crippen LogP) is 0.454. The van der Waals surface area contributed by atoms with Gasteiger partial charge >= 0.3 is 6.03 Å². The highest BCUT2D eigenvalue weighted by Gasteiger charge is 2.34. The number of fused-ring (bicyclic) bond motifs is 1. The van der Waals surface area contributed by atoms with Crippen molar-refractivity contribution < 1.29 is 17.6 Å². The largest absolute Gasteiger partial charge is 0.350 e. The SMILES string of the molecule is NC(=O)n1n[c]c2c1CN(S(=O)(=O)c1cccc(F)c1)C2. The highest BCUT2D eigenvalue weighted by Crippen LogP contribution is 2.28. The summed E-state index contributed by atoms with van der Waals surface area (Å²) in [6.45, 7) is -0.0465. The number of aromatic nitrogens is 2. The number of primary amides is 1. The molecular weight excluding hydrogens is 299 g/mol. The van der Waals surface area contributed by atoms with Crippen LogP contribution in [0.4, 0.5) is 9.18 Å². The zero-order valence-corrected chi connectivity index (χ0v) is 11.5. The highest BCUT2D eigenvalue weighted by molar-refractivity contribution is 7.89. The van der Waals surface area contributed by atoms with Gasteiger partial charge < -0.3 is 5.73 Å². The van der Waals surface area contributed by atoms with Gasteiger partial charge in [-0.1, -0.05) is 6.07 Å². The fourth-order valence-electron chi connectivity index (χ4n) is 2.18. The quantitative estimate of drug-likeness (QED) is 0.871. The van der Waals surface area contributed by atoms with E-state index in [1.54, 1.807) is 0 Å². The summed E-state index contributed by atoms with van der Waals surface area (Å²) in [5, 5.41) is 3.68. The van der Waals surface area contributed by atoms with Crippen molar-refractivity contribution in [1.82, 2.24) is 14.1 Å². The molecule has 2 aromatic rings. The molecule has 109 valence electrons. The third kappa shape index (κ3) is 2.20. The van der Waals surface area contributed by atoms with E-state index in [0.717, 1.165) is 21.1 Å². The number of amides is 1. The van der Waals surface area contributed by atoms with Crippen molar-refractivity contribution in [3.05, 3.63) is 47.5 Å². The molecular formula is C12H10FN4O3S. The van der Waals surface area contributed by atoms with E-state index in [9.17, 15) is 17.6 Å².